The number of rotatable bonds is 7. The molecule has 1 N–H and O–H groups in total. The maximum Gasteiger partial charge on any atom is 0.347 e. The molecule has 8 nitrogen and oxygen atoms in total. The summed E-state index contributed by atoms with van der Waals surface area (Å²) >= 11 is 0. The van der Waals surface area contributed by atoms with Gasteiger partial charge in [-0.2, -0.15) is 0 Å². The topological polar surface area (TPSA) is 108 Å². The zero-order valence-electron chi connectivity index (χ0n) is 15.5. The predicted octanol–water partition coefficient (Wildman–Crippen LogP) is 3.30. The third kappa shape index (κ3) is 5.26. The fourth-order valence-electron chi connectivity index (χ4n) is 2.31. The number of aryl methyl sites for hydroxylation is 1. The summed E-state index contributed by atoms with van der Waals surface area (Å²) in [6, 6.07) is 7.94. The number of hydrogen-bond acceptors (Lipinski definition) is 6. The second kappa shape index (κ2) is 8.94. The first-order valence-corrected chi connectivity index (χ1v) is 8.32. The lowest BCUT2D eigenvalue weighted by atomic mass is 10.1. The van der Waals surface area contributed by atoms with Crippen LogP contribution in [0, 0.1) is 29.8 Å². The summed E-state index contributed by atoms with van der Waals surface area (Å²) in [5.74, 6) is -1.71. The monoisotopic (exact) mass is 390 g/mol. The Morgan fingerprint density at radius 3 is 2.43 bits per heavy atom. The zero-order valence-corrected chi connectivity index (χ0v) is 15.5. The summed E-state index contributed by atoms with van der Waals surface area (Å²) in [5, 5.41) is 13.6. The van der Waals surface area contributed by atoms with Gasteiger partial charge in [0.15, 0.2) is 12.7 Å². The molecule has 9 heteroatoms. The molecular weight excluding hydrogens is 371 g/mol. The van der Waals surface area contributed by atoms with E-state index >= 15 is 0 Å². The van der Waals surface area contributed by atoms with Crippen LogP contribution < -0.4 is 10.1 Å². The summed E-state index contributed by atoms with van der Waals surface area (Å²) in [4.78, 5) is 34.6. The average Bonchev–Trinajstić information content (AvgIpc) is 2.65. The maximum absolute atomic E-state index is 12.9. The van der Waals surface area contributed by atoms with E-state index in [9.17, 15) is 24.1 Å². The van der Waals surface area contributed by atoms with E-state index in [-0.39, 0.29) is 17.1 Å². The Kier molecular flexibility index (Phi) is 6.64. The van der Waals surface area contributed by atoms with Gasteiger partial charge >= 0.3 is 5.97 Å². The van der Waals surface area contributed by atoms with Gasteiger partial charge in [-0.25, -0.2) is 9.18 Å². The molecule has 0 fully saturated rings. The molecule has 0 aliphatic heterocycles. The van der Waals surface area contributed by atoms with E-state index in [1.165, 1.54) is 37.3 Å². The van der Waals surface area contributed by atoms with Gasteiger partial charge in [-0.3, -0.25) is 14.9 Å². The van der Waals surface area contributed by atoms with E-state index < -0.39 is 35.3 Å². The molecular formula is C19H19FN2O6. The molecule has 0 aliphatic rings. The van der Waals surface area contributed by atoms with Gasteiger partial charge in [-0.15, -0.1) is 0 Å². The van der Waals surface area contributed by atoms with Gasteiger partial charge in [-0.1, -0.05) is 6.07 Å². The number of hydrogen-bond donors (Lipinski definition) is 1. The molecule has 148 valence electrons. The van der Waals surface area contributed by atoms with Crippen molar-refractivity contribution in [2.75, 3.05) is 11.9 Å². The summed E-state index contributed by atoms with van der Waals surface area (Å²) in [6.07, 6.45) is -1.03. The minimum Gasteiger partial charge on any atom is -0.479 e. The molecule has 0 radical (unpaired) electrons. The van der Waals surface area contributed by atoms with Crippen LogP contribution in [-0.2, 0) is 14.3 Å². The van der Waals surface area contributed by atoms with Crippen molar-refractivity contribution >= 4 is 23.3 Å². The van der Waals surface area contributed by atoms with Crippen molar-refractivity contribution in [1.29, 1.82) is 0 Å². The highest BCUT2D eigenvalue weighted by atomic mass is 19.1. The lowest BCUT2D eigenvalue weighted by Crippen LogP contribution is -2.30. The van der Waals surface area contributed by atoms with E-state index in [0.717, 1.165) is 5.56 Å². The first kappa shape index (κ1) is 20.8. The number of nitro benzene ring substituents is 1. The van der Waals surface area contributed by atoms with Crippen molar-refractivity contribution in [3.63, 3.8) is 0 Å². The third-order valence-electron chi connectivity index (χ3n) is 3.98. The minimum atomic E-state index is -1.03. The maximum atomic E-state index is 12.9. The number of carbonyl (C=O) groups is 2. The number of benzene rings is 2. The Hall–Kier alpha value is -3.49. The third-order valence-corrected chi connectivity index (χ3v) is 3.98. The van der Waals surface area contributed by atoms with E-state index in [4.69, 9.17) is 9.47 Å². The van der Waals surface area contributed by atoms with Gasteiger partial charge in [0, 0.05) is 6.07 Å². The SMILES string of the molecule is Cc1ccc([N+](=O)[O-])c(NC(=O)COC(=O)[C@H](C)Oc2ccc(F)cc2)c1C. The smallest absolute Gasteiger partial charge is 0.347 e. The number of amides is 1. The normalized spacial score (nSPS) is 11.4. The summed E-state index contributed by atoms with van der Waals surface area (Å²) in [7, 11) is 0. The molecule has 0 aliphatic carbocycles. The molecule has 28 heavy (non-hydrogen) atoms. The molecule has 2 rings (SSSR count). The fraction of sp³-hybridized carbons (Fsp3) is 0.263. The minimum absolute atomic E-state index is 0.0571. The largest absolute Gasteiger partial charge is 0.479 e. The van der Waals surface area contributed by atoms with Gasteiger partial charge in [0.25, 0.3) is 11.6 Å². The second-order valence-corrected chi connectivity index (χ2v) is 6.03. The van der Waals surface area contributed by atoms with Crippen LogP contribution in [0.3, 0.4) is 0 Å². The van der Waals surface area contributed by atoms with Crippen LogP contribution >= 0.6 is 0 Å². The molecule has 0 saturated heterocycles. The van der Waals surface area contributed by atoms with Crippen molar-refractivity contribution in [2.45, 2.75) is 26.9 Å². The Morgan fingerprint density at radius 1 is 1.18 bits per heavy atom. The van der Waals surface area contributed by atoms with Crippen molar-refractivity contribution in [2.24, 2.45) is 0 Å². The lowest BCUT2D eigenvalue weighted by molar-refractivity contribution is -0.384. The van der Waals surface area contributed by atoms with Gasteiger partial charge in [0.1, 0.15) is 17.3 Å². The number of halogens is 1. The van der Waals surface area contributed by atoms with Crippen molar-refractivity contribution < 1.29 is 28.4 Å². The van der Waals surface area contributed by atoms with Crippen molar-refractivity contribution in [1.82, 2.24) is 0 Å². The van der Waals surface area contributed by atoms with Crippen LogP contribution in [0.5, 0.6) is 5.75 Å². The molecule has 0 spiro atoms. The van der Waals surface area contributed by atoms with E-state index in [1.54, 1.807) is 19.9 Å². The molecule has 2 aromatic carbocycles. The summed E-state index contributed by atoms with van der Waals surface area (Å²) in [5.41, 5.74) is 1.11. The summed E-state index contributed by atoms with van der Waals surface area (Å²) in [6.45, 7) is 4.17. The van der Waals surface area contributed by atoms with Crippen molar-refractivity contribution in [3.8, 4) is 5.75 Å². The molecule has 0 aromatic heterocycles. The van der Waals surface area contributed by atoms with Crippen LogP contribution in [-0.4, -0.2) is 29.5 Å². The highest BCUT2D eigenvalue weighted by Gasteiger charge is 2.21. The van der Waals surface area contributed by atoms with E-state index in [0.29, 0.717) is 5.56 Å². The fourth-order valence-corrected chi connectivity index (χ4v) is 2.31. The number of nitro groups is 1. The van der Waals surface area contributed by atoms with Crippen LogP contribution in [0.4, 0.5) is 15.8 Å². The number of anilines is 1. The van der Waals surface area contributed by atoms with Crippen LogP contribution in [0.2, 0.25) is 0 Å². The summed E-state index contributed by atoms with van der Waals surface area (Å²) < 4.78 is 23.1. The highest BCUT2D eigenvalue weighted by Crippen LogP contribution is 2.30. The number of esters is 1. The van der Waals surface area contributed by atoms with Gasteiger partial charge in [-0.05, 0) is 56.2 Å². The number of nitrogens with one attached hydrogen (secondary N) is 1. The molecule has 1 amide bonds. The van der Waals surface area contributed by atoms with E-state index in [1.807, 2.05) is 0 Å². The molecule has 0 bridgehead atoms. The predicted molar refractivity (Wildman–Crippen MR) is 98.6 cm³/mol. The quantitative estimate of drug-likeness (QED) is 0.441. The van der Waals surface area contributed by atoms with Crippen LogP contribution in [0.1, 0.15) is 18.1 Å². The molecule has 0 heterocycles. The van der Waals surface area contributed by atoms with Crippen molar-refractivity contribution in [3.05, 3.63) is 63.5 Å². The second-order valence-electron chi connectivity index (χ2n) is 6.03. The molecule has 2 aromatic rings. The van der Waals surface area contributed by atoms with Gasteiger partial charge < -0.3 is 14.8 Å². The van der Waals surface area contributed by atoms with Gasteiger partial charge in [0.05, 0.1) is 4.92 Å². The van der Waals surface area contributed by atoms with E-state index in [2.05, 4.69) is 5.32 Å². The average molecular weight is 390 g/mol. The van der Waals surface area contributed by atoms with Crippen LogP contribution in [0.15, 0.2) is 36.4 Å². The molecule has 1 atom stereocenters. The highest BCUT2D eigenvalue weighted by molar-refractivity contribution is 5.96. The first-order chi connectivity index (χ1) is 13.2. The van der Waals surface area contributed by atoms with Gasteiger partial charge in [0.2, 0.25) is 0 Å². The number of carbonyl (C=O) groups excluding carboxylic acids is 2. The Balaban J connectivity index is 1.95. The zero-order chi connectivity index (χ0) is 20.8. The van der Waals surface area contributed by atoms with Crippen LogP contribution in [0.25, 0.3) is 0 Å². The molecule has 0 unspecified atom stereocenters. The standard InChI is InChI=1S/C19H19FN2O6/c1-11-4-9-16(22(25)26)18(12(11)2)21-17(23)10-27-19(24)13(3)28-15-7-5-14(20)6-8-15/h4-9,13H,10H2,1-3H3,(H,21,23)/t13-/m0/s1. The Bertz CT molecular complexity index is 898. The first-order valence-electron chi connectivity index (χ1n) is 8.32. The number of ether oxygens (including phenoxy) is 2. The Morgan fingerprint density at radius 2 is 1.82 bits per heavy atom. The Labute approximate surface area is 160 Å². The number of nitrogens with zero attached hydrogens (tertiary/aromatic N) is 1. The molecule has 0 saturated carbocycles. The lowest BCUT2D eigenvalue weighted by Gasteiger charge is -2.14.